The van der Waals surface area contributed by atoms with E-state index in [-0.39, 0.29) is 45.0 Å². The molecule has 36 heavy (non-hydrogen) atoms. The molecule has 3 aromatic carbocycles. The van der Waals surface area contributed by atoms with Crippen LogP contribution in [0.25, 0.3) is 0 Å². The highest BCUT2D eigenvalue weighted by Crippen LogP contribution is 2.59. The van der Waals surface area contributed by atoms with Gasteiger partial charge in [0.25, 0.3) is 5.69 Å². The molecule has 5 atom stereocenters. The number of nitro groups is 1. The molecule has 0 spiro atoms. The first-order chi connectivity index (χ1) is 17.2. The van der Waals surface area contributed by atoms with Gasteiger partial charge in [0, 0.05) is 45.6 Å². The Morgan fingerprint density at radius 2 is 1.89 bits per heavy atom. The van der Waals surface area contributed by atoms with E-state index >= 15 is 0 Å². The minimum absolute atomic E-state index is 0.0614. The molecule has 0 saturated heterocycles. The molecular weight excluding hydrogens is 541 g/mol. The molecule has 1 saturated carbocycles. The fourth-order valence-electron chi connectivity index (χ4n) is 5.33. The van der Waals surface area contributed by atoms with Crippen LogP contribution in [-0.2, 0) is 4.79 Å². The van der Waals surface area contributed by atoms with Gasteiger partial charge in [-0.1, -0.05) is 41.4 Å². The highest BCUT2D eigenvalue weighted by Gasteiger charge is 2.50. The number of nitrogens with one attached hydrogen (secondary N) is 2. The van der Waals surface area contributed by atoms with Crippen molar-refractivity contribution in [2.75, 3.05) is 10.6 Å². The summed E-state index contributed by atoms with van der Waals surface area (Å²) in [5.74, 6) is -0.153. The number of para-hydroxylation sites is 1. The zero-order valence-electron chi connectivity index (χ0n) is 19.1. The van der Waals surface area contributed by atoms with Gasteiger partial charge in [-0.25, -0.2) is 0 Å². The fourth-order valence-corrected chi connectivity index (χ4v) is 7.80. The molecule has 1 heterocycles. The van der Waals surface area contributed by atoms with Crippen molar-refractivity contribution in [2.24, 2.45) is 5.92 Å². The Morgan fingerprint density at radius 1 is 1.11 bits per heavy atom. The Hall–Kier alpha value is -2.45. The van der Waals surface area contributed by atoms with Crippen LogP contribution < -0.4 is 10.6 Å². The number of nitrogens with zero attached hydrogens (tertiary/aromatic N) is 1. The van der Waals surface area contributed by atoms with Gasteiger partial charge in [-0.05, 0) is 59.9 Å². The van der Waals surface area contributed by atoms with E-state index in [2.05, 4.69) is 10.6 Å². The summed E-state index contributed by atoms with van der Waals surface area (Å²) in [5.41, 5.74) is 3.63. The summed E-state index contributed by atoms with van der Waals surface area (Å²) in [6.07, 6.45) is 0.718. The van der Waals surface area contributed by atoms with Gasteiger partial charge in [0.2, 0.25) is 5.91 Å². The fraction of sp³-hybridized carbons (Fsp3) is 0.269. The minimum atomic E-state index is -0.361. The normalized spacial score (nSPS) is 24.4. The third kappa shape index (κ3) is 4.77. The maximum atomic E-state index is 11.7. The number of benzene rings is 3. The number of thioether (sulfide) groups is 1. The van der Waals surface area contributed by atoms with Crippen LogP contribution in [0.15, 0.2) is 65.6 Å². The summed E-state index contributed by atoms with van der Waals surface area (Å²) < 4.78 is 0. The van der Waals surface area contributed by atoms with Crippen LogP contribution in [-0.4, -0.2) is 21.5 Å². The molecule has 0 unspecified atom stereocenters. The standard InChI is InChI=1S/C26H22Cl3N3O3S/c1-13(33)30-15-7-9-20-17(11-15)24-18(26(31-20)16-8-6-14(27)10-19(16)28)12-23(25(24)29)36-22-5-3-2-4-21(22)32(34)35/h2-11,18,23-26,31H,12H2,1H3,(H,30,33)/t18-,23-,24+,25-,26+/m1/s1. The number of rotatable bonds is 5. The number of alkyl halides is 1. The lowest BCUT2D eigenvalue weighted by atomic mass is 9.77. The predicted molar refractivity (Wildman–Crippen MR) is 147 cm³/mol. The second kappa shape index (κ2) is 10.1. The zero-order chi connectivity index (χ0) is 25.6. The summed E-state index contributed by atoms with van der Waals surface area (Å²) in [6, 6.07) is 17.9. The van der Waals surface area contributed by atoms with Crippen molar-refractivity contribution >= 4 is 69.5 Å². The predicted octanol–water partition coefficient (Wildman–Crippen LogP) is 7.90. The Labute approximate surface area is 227 Å². The largest absolute Gasteiger partial charge is 0.378 e. The van der Waals surface area contributed by atoms with Gasteiger partial charge in [0.05, 0.1) is 21.2 Å². The number of amides is 1. The Bertz CT molecular complexity index is 1360. The van der Waals surface area contributed by atoms with Crippen molar-refractivity contribution in [3.63, 3.8) is 0 Å². The number of anilines is 2. The van der Waals surface area contributed by atoms with E-state index < -0.39 is 0 Å². The molecular formula is C26H22Cl3N3O3S. The van der Waals surface area contributed by atoms with E-state index in [1.807, 2.05) is 30.3 Å². The first kappa shape index (κ1) is 25.2. The van der Waals surface area contributed by atoms with Crippen LogP contribution in [0.3, 0.4) is 0 Å². The lowest BCUT2D eigenvalue weighted by Gasteiger charge is -2.39. The average molecular weight is 563 g/mol. The van der Waals surface area contributed by atoms with E-state index in [0.717, 1.165) is 23.2 Å². The van der Waals surface area contributed by atoms with Gasteiger partial charge >= 0.3 is 0 Å². The molecule has 1 amide bonds. The van der Waals surface area contributed by atoms with E-state index in [1.54, 1.807) is 24.3 Å². The monoisotopic (exact) mass is 561 g/mol. The summed E-state index contributed by atoms with van der Waals surface area (Å²) in [5, 5.41) is 18.9. The van der Waals surface area contributed by atoms with Gasteiger partial charge in [-0.3, -0.25) is 14.9 Å². The van der Waals surface area contributed by atoms with Gasteiger partial charge in [-0.2, -0.15) is 0 Å². The van der Waals surface area contributed by atoms with Crippen LogP contribution in [0, 0.1) is 16.0 Å². The second-order valence-corrected chi connectivity index (χ2v) is 11.7. The molecule has 0 aromatic heterocycles. The Balaban J connectivity index is 1.56. The minimum Gasteiger partial charge on any atom is -0.378 e. The van der Waals surface area contributed by atoms with E-state index in [0.29, 0.717) is 20.6 Å². The SMILES string of the molecule is CC(=O)Nc1ccc2c(c1)[C@@H]1[C@H](Cl)[C@H](Sc3ccccc3[N+](=O)[O-])C[C@H]1[C@H](c1ccc(Cl)cc1Cl)N2. The van der Waals surface area contributed by atoms with Crippen molar-refractivity contribution < 1.29 is 9.72 Å². The van der Waals surface area contributed by atoms with E-state index in [1.165, 1.54) is 24.8 Å². The van der Waals surface area contributed by atoms with Gasteiger partial charge in [0.1, 0.15) is 0 Å². The third-order valence-electron chi connectivity index (χ3n) is 6.77. The summed E-state index contributed by atoms with van der Waals surface area (Å²) in [6.45, 7) is 1.47. The molecule has 3 aromatic rings. The number of hydrogen-bond donors (Lipinski definition) is 2. The molecule has 1 aliphatic carbocycles. The lowest BCUT2D eigenvalue weighted by Crippen LogP contribution is -2.31. The van der Waals surface area contributed by atoms with Crippen molar-refractivity contribution in [3.05, 3.63) is 92.0 Å². The van der Waals surface area contributed by atoms with E-state index in [4.69, 9.17) is 34.8 Å². The Kier molecular flexibility index (Phi) is 7.10. The number of fused-ring (bicyclic) bond motifs is 3. The van der Waals surface area contributed by atoms with Crippen molar-refractivity contribution in [1.29, 1.82) is 0 Å². The van der Waals surface area contributed by atoms with Crippen LogP contribution >= 0.6 is 46.6 Å². The topological polar surface area (TPSA) is 84.3 Å². The summed E-state index contributed by atoms with van der Waals surface area (Å²) in [7, 11) is 0. The van der Waals surface area contributed by atoms with E-state index in [9.17, 15) is 14.9 Å². The zero-order valence-corrected chi connectivity index (χ0v) is 22.2. The molecule has 1 aliphatic heterocycles. The van der Waals surface area contributed by atoms with Crippen LogP contribution in [0.2, 0.25) is 10.0 Å². The molecule has 5 rings (SSSR count). The van der Waals surface area contributed by atoms with Crippen LogP contribution in [0.5, 0.6) is 0 Å². The van der Waals surface area contributed by atoms with Gasteiger partial charge < -0.3 is 10.6 Å². The summed E-state index contributed by atoms with van der Waals surface area (Å²) >= 11 is 21.4. The second-order valence-electron chi connectivity index (χ2n) is 9.02. The maximum absolute atomic E-state index is 11.7. The highest BCUT2D eigenvalue weighted by molar-refractivity contribution is 8.00. The number of carbonyl (C=O) groups is 1. The molecule has 0 bridgehead atoms. The molecule has 6 nitrogen and oxygen atoms in total. The number of nitro benzene ring substituents is 1. The first-order valence-corrected chi connectivity index (χ1v) is 13.5. The quantitative estimate of drug-likeness (QED) is 0.188. The van der Waals surface area contributed by atoms with Gasteiger partial charge in [0.15, 0.2) is 0 Å². The number of halogens is 3. The van der Waals surface area contributed by atoms with Gasteiger partial charge in [-0.15, -0.1) is 23.4 Å². The third-order valence-corrected chi connectivity index (χ3v) is 9.45. The molecule has 2 N–H and O–H groups in total. The highest BCUT2D eigenvalue weighted by atomic mass is 35.5. The van der Waals surface area contributed by atoms with Crippen molar-refractivity contribution in [1.82, 2.24) is 0 Å². The van der Waals surface area contributed by atoms with Crippen molar-refractivity contribution in [2.45, 2.75) is 40.8 Å². The molecule has 0 radical (unpaired) electrons. The van der Waals surface area contributed by atoms with Crippen LogP contribution in [0.1, 0.15) is 36.4 Å². The molecule has 2 aliphatic rings. The molecule has 10 heteroatoms. The lowest BCUT2D eigenvalue weighted by molar-refractivity contribution is -0.387. The number of hydrogen-bond acceptors (Lipinski definition) is 5. The average Bonchev–Trinajstić information content (AvgIpc) is 3.15. The van der Waals surface area contributed by atoms with Crippen molar-refractivity contribution in [3.8, 4) is 0 Å². The smallest absolute Gasteiger partial charge is 0.282 e. The molecule has 1 fully saturated rings. The van der Waals surface area contributed by atoms with Crippen LogP contribution in [0.4, 0.5) is 17.1 Å². The first-order valence-electron chi connectivity index (χ1n) is 11.4. The maximum Gasteiger partial charge on any atom is 0.282 e. The summed E-state index contributed by atoms with van der Waals surface area (Å²) in [4.78, 5) is 23.5. The molecule has 186 valence electrons. The number of carbonyl (C=O) groups excluding carboxylic acids is 1. The Morgan fingerprint density at radius 3 is 2.61 bits per heavy atom.